The molecule has 9 nitrogen and oxygen atoms in total. The van der Waals surface area contributed by atoms with E-state index in [2.05, 4.69) is 21.3 Å². The van der Waals surface area contributed by atoms with Gasteiger partial charge in [-0.05, 0) is 55.2 Å². The number of benzene rings is 3. The summed E-state index contributed by atoms with van der Waals surface area (Å²) in [5.41, 5.74) is 2.10. The summed E-state index contributed by atoms with van der Waals surface area (Å²) in [5.74, 6) is -0.485. The summed E-state index contributed by atoms with van der Waals surface area (Å²) in [7, 11) is 0. The zero-order valence-electron chi connectivity index (χ0n) is 27.7. The number of nitrogens with one attached hydrogen (secondary N) is 4. The molecule has 1 atom stereocenters. The Hall–Kier alpha value is -4.24. The first kappa shape index (κ1) is 38.8. The van der Waals surface area contributed by atoms with Gasteiger partial charge in [-0.25, -0.2) is 0 Å². The molecule has 5 N–H and O–H groups in total. The molecule has 0 heterocycles. The molecule has 0 radical (unpaired) electrons. The number of carbonyl (C=O) groups is 4. The maximum Gasteiger partial charge on any atom is 0.242 e. The lowest BCUT2D eigenvalue weighted by molar-refractivity contribution is -0.129. The number of rotatable bonds is 15. The highest BCUT2D eigenvalue weighted by Crippen LogP contribution is 2.17. The van der Waals surface area contributed by atoms with Crippen LogP contribution in [-0.2, 0) is 25.6 Å². The van der Waals surface area contributed by atoms with Crippen molar-refractivity contribution in [3.8, 4) is 5.75 Å². The van der Waals surface area contributed by atoms with Gasteiger partial charge < -0.3 is 31.2 Å². The number of amides is 3. The molecule has 0 unspecified atom stereocenters. The van der Waals surface area contributed by atoms with Crippen LogP contribution in [0.25, 0.3) is 10.8 Å². The largest absolute Gasteiger partial charge is 0.508 e. The highest BCUT2D eigenvalue weighted by atomic mass is 16.3. The molecular weight excluding hydrogens is 568 g/mol. The van der Waals surface area contributed by atoms with E-state index in [0.29, 0.717) is 25.1 Å². The van der Waals surface area contributed by atoms with Crippen molar-refractivity contribution in [2.45, 2.75) is 85.7 Å². The molecule has 0 aliphatic heterocycles. The molecule has 0 saturated carbocycles. The minimum Gasteiger partial charge on any atom is -0.508 e. The average molecular weight is 621 g/mol. The van der Waals surface area contributed by atoms with Crippen molar-refractivity contribution in [1.82, 2.24) is 21.3 Å². The third-order valence-electron chi connectivity index (χ3n) is 6.56. The molecule has 0 aromatic heterocycles. The van der Waals surface area contributed by atoms with E-state index in [1.165, 1.54) is 5.56 Å². The fourth-order valence-electron chi connectivity index (χ4n) is 4.15. The number of fused-ring (bicyclic) bond motifs is 1. The first-order chi connectivity index (χ1) is 21.5. The van der Waals surface area contributed by atoms with Gasteiger partial charge in [0.15, 0.2) is 0 Å². The fraction of sp³-hybridized carbons (Fsp3) is 0.444. The van der Waals surface area contributed by atoms with Crippen molar-refractivity contribution in [3.05, 3.63) is 77.9 Å². The van der Waals surface area contributed by atoms with Crippen molar-refractivity contribution in [3.63, 3.8) is 0 Å². The van der Waals surface area contributed by atoms with E-state index in [1.807, 2.05) is 89.2 Å². The Morgan fingerprint density at radius 1 is 0.778 bits per heavy atom. The van der Waals surface area contributed by atoms with Crippen LogP contribution < -0.4 is 21.3 Å². The van der Waals surface area contributed by atoms with Crippen LogP contribution in [-0.4, -0.2) is 60.3 Å². The van der Waals surface area contributed by atoms with Gasteiger partial charge in [-0.15, -0.1) is 0 Å². The first-order valence-electron chi connectivity index (χ1n) is 15.8. The normalized spacial score (nSPS) is 10.9. The molecule has 0 aliphatic rings. The number of aryl methyl sites for hydroxylation is 1. The van der Waals surface area contributed by atoms with Crippen LogP contribution in [0.5, 0.6) is 5.75 Å². The van der Waals surface area contributed by atoms with Gasteiger partial charge in [0.25, 0.3) is 0 Å². The number of Topliss-reactive ketones (excluding diaryl/α,β-unsaturated/α-hetero) is 1. The van der Waals surface area contributed by atoms with E-state index in [4.69, 9.17) is 5.11 Å². The van der Waals surface area contributed by atoms with Crippen LogP contribution in [0.2, 0.25) is 0 Å². The maximum atomic E-state index is 12.9. The van der Waals surface area contributed by atoms with Gasteiger partial charge in [-0.2, -0.15) is 0 Å². The Bertz CT molecular complexity index is 1300. The SMILES string of the molecule is CC.CC(=O)CCCCCNC(=O)[C@H](Cc1ccc2ccccc2c1)NC(=O)CNC(=O)CNC(C)C.Cc1ccc(O)cc1. The van der Waals surface area contributed by atoms with Crippen molar-refractivity contribution >= 4 is 34.3 Å². The van der Waals surface area contributed by atoms with E-state index >= 15 is 0 Å². The minimum atomic E-state index is -0.772. The lowest BCUT2D eigenvalue weighted by Crippen LogP contribution is -2.51. The third kappa shape index (κ3) is 17.6. The molecule has 0 spiro atoms. The standard InChI is InChI=1S/C27H38N4O4.C7H8O.C2H6/c1-19(2)29-17-25(33)30-18-26(34)31-24(27(35)28-14-8-4-5-9-20(3)32)16-21-12-13-22-10-6-7-11-23(22)15-21;1-6-2-4-7(8)5-3-6;1-2/h6-7,10-13,15,19,24,29H,4-5,8-9,14,16-18H2,1-3H3,(H,28,35)(H,30,33)(H,31,34);2-5,8H,1H3;1-2H3/t24-;;/m0../s1. The highest BCUT2D eigenvalue weighted by Gasteiger charge is 2.21. The molecule has 246 valence electrons. The van der Waals surface area contributed by atoms with Crippen LogP contribution in [0.1, 0.15) is 71.4 Å². The zero-order chi connectivity index (χ0) is 33.6. The topological polar surface area (TPSA) is 137 Å². The second-order valence-corrected chi connectivity index (χ2v) is 11.0. The van der Waals surface area contributed by atoms with Gasteiger partial charge in [0.05, 0.1) is 13.1 Å². The van der Waals surface area contributed by atoms with Gasteiger partial charge in [0.1, 0.15) is 17.6 Å². The molecular formula is C36H52N4O5. The monoisotopic (exact) mass is 620 g/mol. The Morgan fingerprint density at radius 2 is 1.44 bits per heavy atom. The molecule has 45 heavy (non-hydrogen) atoms. The van der Waals surface area contributed by atoms with Crippen molar-refractivity contribution in [2.24, 2.45) is 0 Å². The second-order valence-electron chi connectivity index (χ2n) is 11.0. The summed E-state index contributed by atoms with van der Waals surface area (Å²) in [6.07, 6.45) is 3.28. The smallest absolute Gasteiger partial charge is 0.242 e. The van der Waals surface area contributed by atoms with E-state index < -0.39 is 11.9 Å². The summed E-state index contributed by atoms with van der Waals surface area (Å²) in [5, 5.41) is 22.1. The van der Waals surface area contributed by atoms with Crippen LogP contribution in [0, 0.1) is 6.92 Å². The molecule has 0 saturated heterocycles. The molecule has 3 amide bonds. The second kappa shape index (κ2) is 22.3. The predicted octanol–water partition coefficient (Wildman–Crippen LogP) is 4.97. The molecule has 3 aromatic carbocycles. The average Bonchev–Trinajstić information content (AvgIpc) is 3.02. The van der Waals surface area contributed by atoms with Gasteiger partial charge in [0, 0.05) is 25.4 Å². The molecule has 0 bridgehead atoms. The van der Waals surface area contributed by atoms with E-state index in [1.54, 1.807) is 19.1 Å². The number of ketones is 1. The number of hydrogen-bond donors (Lipinski definition) is 5. The van der Waals surface area contributed by atoms with Crippen LogP contribution in [0.3, 0.4) is 0 Å². The van der Waals surface area contributed by atoms with Crippen LogP contribution in [0.4, 0.5) is 0 Å². The fourth-order valence-corrected chi connectivity index (χ4v) is 4.15. The highest BCUT2D eigenvalue weighted by molar-refractivity contribution is 5.91. The van der Waals surface area contributed by atoms with Crippen molar-refractivity contribution < 1.29 is 24.3 Å². The van der Waals surface area contributed by atoms with E-state index in [-0.39, 0.29) is 36.7 Å². The number of unbranched alkanes of at least 4 members (excludes halogenated alkanes) is 2. The Kier molecular flexibility index (Phi) is 19.2. The first-order valence-corrected chi connectivity index (χ1v) is 15.8. The number of phenolic OH excluding ortho intramolecular Hbond substituents is 1. The van der Waals surface area contributed by atoms with E-state index in [9.17, 15) is 19.2 Å². The summed E-state index contributed by atoms with van der Waals surface area (Å²) in [6, 6.07) is 20.4. The molecule has 3 aromatic rings. The summed E-state index contributed by atoms with van der Waals surface area (Å²) in [6.45, 7) is 11.8. The summed E-state index contributed by atoms with van der Waals surface area (Å²) in [4.78, 5) is 48.4. The Labute approximate surface area is 268 Å². The van der Waals surface area contributed by atoms with Gasteiger partial charge in [-0.3, -0.25) is 14.4 Å². The summed E-state index contributed by atoms with van der Waals surface area (Å²) < 4.78 is 0. The van der Waals surface area contributed by atoms with Gasteiger partial charge >= 0.3 is 0 Å². The quantitative estimate of drug-likeness (QED) is 0.152. The number of carbonyl (C=O) groups excluding carboxylic acids is 4. The molecule has 0 aliphatic carbocycles. The number of aromatic hydroxyl groups is 1. The van der Waals surface area contributed by atoms with Crippen molar-refractivity contribution in [2.75, 3.05) is 19.6 Å². The molecule has 3 rings (SSSR count). The third-order valence-corrected chi connectivity index (χ3v) is 6.56. The Morgan fingerprint density at radius 3 is 2.07 bits per heavy atom. The molecule has 9 heteroatoms. The maximum absolute atomic E-state index is 12.9. The number of hydrogen-bond acceptors (Lipinski definition) is 6. The van der Waals surface area contributed by atoms with Crippen LogP contribution >= 0.6 is 0 Å². The Balaban J connectivity index is 0.000000864. The predicted molar refractivity (Wildman–Crippen MR) is 182 cm³/mol. The summed E-state index contributed by atoms with van der Waals surface area (Å²) >= 11 is 0. The van der Waals surface area contributed by atoms with Gasteiger partial charge in [-0.1, -0.05) is 94.3 Å². The lowest BCUT2D eigenvalue weighted by Gasteiger charge is -2.19. The van der Waals surface area contributed by atoms with Gasteiger partial charge in [0.2, 0.25) is 17.7 Å². The minimum absolute atomic E-state index is 0.121. The van der Waals surface area contributed by atoms with Crippen LogP contribution in [0.15, 0.2) is 66.7 Å². The number of phenols is 1. The van der Waals surface area contributed by atoms with Crippen molar-refractivity contribution in [1.29, 1.82) is 0 Å². The molecule has 0 fully saturated rings. The lowest BCUT2D eigenvalue weighted by atomic mass is 10.0. The van der Waals surface area contributed by atoms with E-state index in [0.717, 1.165) is 35.6 Å². The zero-order valence-corrected chi connectivity index (χ0v) is 27.7.